The Kier molecular flexibility index (Phi) is 4.40. The van der Waals surface area contributed by atoms with Gasteiger partial charge < -0.3 is 5.32 Å². The summed E-state index contributed by atoms with van der Waals surface area (Å²) in [5.74, 6) is -0.720. The smallest absolute Gasteiger partial charge is 0.146 e. The van der Waals surface area contributed by atoms with Crippen molar-refractivity contribution in [3.63, 3.8) is 0 Å². The van der Waals surface area contributed by atoms with E-state index >= 15 is 0 Å². The number of anilines is 1. The molecular weight excluding hydrogens is 371 g/mol. The van der Waals surface area contributed by atoms with Gasteiger partial charge in [0.2, 0.25) is 0 Å². The maximum absolute atomic E-state index is 13.6. The van der Waals surface area contributed by atoms with Gasteiger partial charge in [0.25, 0.3) is 0 Å². The first-order valence-corrected chi connectivity index (χ1v) is 6.65. The summed E-state index contributed by atoms with van der Waals surface area (Å²) in [6, 6.07) is 9.25. The van der Waals surface area contributed by atoms with Crippen molar-refractivity contribution >= 4 is 39.9 Å². The summed E-state index contributed by atoms with van der Waals surface area (Å²) in [6.45, 7) is 0.300. The molecule has 1 nitrogen and oxygen atoms in total. The van der Waals surface area contributed by atoms with Crippen LogP contribution in [0.2, 0.25) is 5.02 Å². The third-order valence-corrected chi connectivity index (χ3v) is 3.62. The second kappa shape index (κ2) is 5.84. The lowest BCUT2D eigenvalue weighted by molar-refractivity contribution is 0.613. The van der Waals surface area contributed by atoms with Crippen LogP contribution in [0.3, 0.4) is 0 Å². The largest absolute Gasteiger partial charge is 0.380 e. The van der Waals surface area contributed by atoms with E-state index in [1.165, 1.54) is 18.2 Å². The molecule has 2 rings (SSSR count). The van der Waals surface area contributed by atoms with Crippen LogP contribution in [0.15, 0.2) is 36.4 Å². The van der Waals surface area contributed by atoms with Gasteiger partial charge in [-0.25, -0.2) is 8.78 Å². The maximum atomic E-state index is 13.6. The Morgan fingerprint density at radius 1 is 1.17 bits per heavy atom. The molecule has 0 aliphatic carbocycles. The van der Waals surface area contributed by atoms with Crippen LogP contribution >= 0.6 is 34.2 Å². The zero-order valence-corrected chi connectivity index (χ0v) is 12.1. The number of halogens is 4. The van der Waals surface area contributed by atoms with E-state index in [9.17, 15) is 8.78 Å². The van der Waals surface area contributed by atoms with Gasteiger partial charge in [0.1, 0.15) is 11.6 Å². The van der Waals surface area contributed by atoms with Crippen molar-refractivity contribution in [1.82, 2.24) is 0 Å². The summed E-state index contributed by atoms with van der Waals surface area (Å²) in [5.41, 5.74) is 1.24. The zero-order valence-electron chi connectivity index (χ0n) is 9.18. The Bertz CT molecular complexity index is 575. The SMILES string of the molecule is Fc1ccc(NCc2cccc(Cl)c2F)c(I)c1. The fourth-order valence-electron chi connectivity index (χ4n) is 1.51. The van der Waals surface area contributed by atoms with Gasteiger partial charge in [-0.15, -0.1) is 0 Å². The fourth-order valence-corrected chi connectivity index (χ4v) is 2.37. The van der Waals surface area contributed by atoms with Gasteiger partial charge in [-0.05, 0) is 46.9 Å². The van der Waals surface area contributed by atoms with E-state index in [4.69, 9.17) is 11.6 Å². The van der Waals surface area contributed by atoms with Gasteiger partial charge in [0.15, 0.2) is 0 Å². The first-order chi connectivity index (χ1) is 8.58. The highest BCUT2D eigenvalue weighted by atomic mass is 127. The molecule has 0 aliphatic rings. The molecule has 2 aromatic rings. The highest BCUT2D eigenvalue weighted by molar-refractivity contribution is 14.1. The van der Waals surface area contributed by atoms with Crippen LogP contribution in [0.1, 0.15) is 5.56 Å². The summed E-state index contributed by atoms with van der Waals surface area (Å²) in [4.78, 5) is 0. The molecule has 0 saturated heterocycles. The van der Waals surface area contributed by atoms with E-state index < -0.39 is 5.82 Å². The van der Waals surface area contributed by atoms with E-state index in [-0.39, 0.29) is 10.8 Å². The average Bonchev–Trinajstić information content (AvgIpc) is 2.33. The molecule has 18 heavy (non-hydrogen) atoms. The minimum Gasteiger partial charge on any atom is -0.380 e. The summed E-state index contributed by atoms with van der Waals surface area (Å²) in [5, 5.41) is 3.15. The van der Waals surface area contributed by atoms with E-state index in [2.05, 4.69) is 5.32 Å². The normalized spacial score (nSPS) is 10.4. The molecular formula is C13H9ClF2IN. The molecule has 0 heterocycles. The molecule has 1 N–H and O–H groups in total. The lowest BCUT2D eigenvalue weighted by Gasteiger charge is -2.10. The lowest BCUT2D eigenvalue weighted by atomic mass is 10.2. The molecule has 94 valence electrons. The predicted octanol–water partition coefficient (Wildman–Crippen LogP) is 4.83. The van der Waals surface area contributed by atoms with Gasteiger partial charge in [-0.3, -0.25) is 0 Å². The molecule has 0 unspecified atom stereocenters. The third kappa shape index (κ3) is 3.11. The van der Waals surface area contributed by atoms with E-state index in [1.807, 2.05) is 22.6 Å². The first-order valence-electron chi connectivity index (χ1n) is 5.20. The van der Waals surface area contributed by atoms with Crippen LogP contribution in [-0.2, 0) is 6.54 Å². The van der Waals surface area contributed by atoms with Crippen molar-refractivity contribution in [3.05, 3.63) is 62.2 Å². The average molecular weight is 380 g/mol. The van der Waals surface area contributed by atoms with Gasteiger partial charge in [-0.1, -0.05) is 23.7 Å². The number of rotatable bonds is 3. The molecule has 0 saturated carbocycles. The van der Waals surface area contributed by atoms with E-state index in [0.717, 1.165) is 9.26 Å². The third-order valence-electron chi connectivity index (χ3n) is 2.43. The highest BCUT2D eigenvalue weighted by Crippen LogP contribution is 2.22. The Hall–Kier alpha value is -0.880. The van der Waals surface area contributed by atoms with Crippen LogP contribution in [0.25, 0.3) is 0 Å². The van der Waals surface area contributed by atoms with Crippen molar-refractivity contribution in [2.24, 2.45) is 0 Å². The van der Waals surface area contributed by atoms with Crippen LogP contribution in [0.5, 0.6) is 0 Å². The van der Waals surface area contributed by atoms with E-state index in [0.29, 0.717) is 12.1 Å². The van der Waals surface area contributed by atoms with E-state index in [1.54, 1.807) is 18.2 Å². The minimum atomic E-state index is -0.427. The van der Waals surface area contributed by atoms with Gasteiger partial charge >= 0.3 is 0 Å². The molecule has 5 heteroatoms. The Balaban J connectivity index is 2.14. The minimum absolute atomic E-state index is 0.100. The Morgan fingerprint density at radius 3 is 2.67 bits per heavy atom. The number of nitrogens with one attached hydrogen (secondary N) is 1. The summed E-state index contributed by atoms with van der Waals surface area (Å²) in [6.07, 6.45) is 0. The predicted molar refractivity (Wildman–Crippen MR) is 77.9 cm³/mol. The summed E-state index contributed by atoms with van der Waals surface area (Å²) >= 11 is 7.72. The standard InChI is InChI=1S/C13H9ClF2IN/c14-10-3-1-2-8(13(10)16)7-18-12-5-4-9(15)6-11(12)17/h1-6,18H,7H2. The number of benzene rings is 2. The van der Waals surface area contributed by atoms with Gasteiger partial charge in [0, 0.05) is 21.4 Å². The summed E-state index contributed by atoms with van der Waals surface area (Å²) in [7, 11) is 0. The molecule has 0 bridgehead atoms. The number of hydrogen-bond acceptors (Lipinski definition) is 1. The van der Waals surface area contributed by atoms with Crippen molar-refractivity contribution in [2.75, 3.05) is 5.32 Å². The summed E-state index contributed by atoms with van der Waals surface area (Å²) < 4.78 is 27.3. The first kappa shape index (κ1) is 13.5. The highest BCUT2D eigenvalue weighted by Gasteiger charge is 2.07. The topological polar surface area (TPSA) is 12.0 Å². The van der Waals surface area contributed by atoms with Crippen molar-refractivity contribution in [2.45, 2.75) is 6.54 Å². The maximum Gasteiger partial charge on any atom is 0.146 e. The van der Waals surface area contributed by atoms with Gasteiger partial charge in [0.05, 0.1) is 5.02 Å². The monoisotopic (exact) mass is 379 g/mol. The lowest BCUT2D eigenvalue weighted by Crippen LogP contribution is -2.03. The molecule has 0 amide bonds. The Labute approximate surface area is 122 Å². The fraction of sp³-hybridized carbons (Fsp3) is 0.0769. The van der Waals surface area contributed by atoms with Gasteiger partial charge in [-0.2, -0.15) is 0 Å². The van der Waals surface area contributed by atoms with Crippen molar-refractivity contribution in [1.29, 1.82) is 0 Å². The van der Waals surface area contributed by atoms with Crippen molar-refractivity contribution < 1.29 is 8.78 Å². The zero-order chi connectivity index (χ0) is 13.1. The molecule has 0 spiro atoms. The van der Waals surface area contributed by atoms with Crippen LogP contribution in [0.4, 0.5) is 14.5 Å². The van der Waals surface area contributed by atoms with Crippen LogP contribution in [0, 0.1) is 15.2 Å². The van der Waals surface area contributed by atoms with Crippen molar-refractivity contribution in [3.8, 4) is 0 Å². The molecule has 0 radical (unpaired) electrons. The second-order valence-corrected chi connectivity index (χ2v) is 5.26. The van der Waals surface area contributed by atoms with Crippen LogP contribution in [-0.4, -0.2) is 0 Å². The molecule has 0 aromatic heterocycles. The quantitative estimate of drug-likeness (QED) is 0.753. The molecule has 2 aromatic carbocycles. The molecule has 0 fully saturated rings. The van der Waals surface area contributed by atoms with Crippen LogP contribution < -0.4 is 5.32 Å². The Morgan fingerprint density at radius 2 is 1.94 bits per heavy atom. The molecule has 0 aliphatic heterocycles. The molecule has 0 atom stereocenters. The second-order valence-electron chi connectivity index (χ2n) is 3.69. The number of hydrogen-bond donors (Lipinski definition) is 1.